The molecule has 2 N–H and O–H groups in total. The molecule has 204 valence electrons. The summed E-state index contributed by atoms with van der Waals surface area (Å²) < 4.78 is 31.2. The van der Waals surface area contributed by atoms with E-state index in [9.17, 15) is 14.0 Å². The summed E-state index contributed by atoms with van der Waals surface area (Å²) in [5.74, 6) is -0.487. The van der Waals surface area contributed by atoms with Crippen molar-refractivity contribution in [3.05, 3.63) is 59.5 Å². The van der Waals surface area contributed by atoms with Gasteiger partial charge in [-0.2, -0.15) is 0 Å². The number of likely N-dealkylation sites (tertiary alicyclic amines) is 1. The third kappa shape index (κ3) is 5.53. The maximum Gasteiger partial charge on any atom is 0.251 e. The van der Waals surface area contributed by atoms with Gasteiger partial charge >= 0.3 is 0 Å². The van der Waals surface area contributed by atoms with Crippen molar-refractivity contribution in [1.82, 2.24) is 24.9 Å². The first kappa shape index (κ1) is 25.9. The number of fused-ring (bicyclic) bond motifs is 3. The molecule has 2 aromatic carbocycles. The number of hydrogen-bond acceptors (Lipinski definition) is 5. The monoisotopic (exact) mass is 551 g/mol. The summed E-state index contributed by atoms with van der Waals surface area (Å²) in [7, 11) is 0. The SMILES string of the molecule is O=C1CCCC(c2ccc(-c3cn4c(n3)sc3cc(C(=O)NCCCN5CCC(F)CC5)ccc34)c(F)c2)N1. The minimum atomic E-state index is -0.673. The maximum absolute atomic E-state index is 15.1. The van der Waals surface area contributed by atoms with Gasteiger partial charge in [0.05, 0.1) is 22.0 Å². The van der Waals surface area contributed by atoms with Crippen LogP contribution in [0.2, 0.25) is 0 Å². The van der Waals surface area contributed by atoms with Gasteiger partial charge in [0.15, 0.2) is 4.96 Å². The lowest BCUT2D eigenvalue weighted by Gasteiger charge is -2.28. The van der Waals surface area contributed by atoms with Gasteiger partial charge in [0.2, 0.25) is 5.91 Å². The zero-order valence-electron chi connectivity index (χ0n) is 21.6. The van der Waals surface area contributed by atoms with E-state index in [-0.39, 0.29) is 23.7 Å². The lowest BCUT2D eigenvalue weighted by molar-refractivity contribution is -0.123. The van der Waals surface area contributed by atoms with Gasteiger partial charge in [-0.05, 0) is 74.5 Å². The quantitative estimate of drug-likeness (QED) is 0.308. The number of alkyl halides is 1. The number of imidazole rings is 1. The highest BCUT2D eigenvalue weighted by Gasteiger charge is 2.22. The molecule has 0 aliphatic carbocycles. The number of benzene rings is 2. The predicted molar refractivity (Wildman–Crippen MR) is 148 cm³/mol. The van der Waals surface area contributed by atoms with Crippen molar-refractivity contribution in [2.24, 2.45) is 0 Å². The van der Waals surface area contributed by atoms with Crippen LogP contribution in [0, 0.1) is 5.82 Å². The molecule has 39 heavy (non-hydrogen) atoms. The summed E-state index contributed by atoms with van der Waals surface area (Å²) in [6, 6.07) is 10.5. The van der Waals surface area contributed by atoms with E-state index >= 15 is 4.39 Å². The zero-order chi connectivity index (χ0) is 26.9. The van der Waals surface area contributed by atoms with Crippen molar-refractivity contribution in [3.63, 3.8) is 0 Å². The first-order chi connectivity index (χ1) is 18.9. The standard InChI is InChI=1S/C29H31F2N5O2S/c30-20-9-13-35(14-10-20)12-2-11-32-28(38)19-6-8-25-26(16-19)39-29-34-24(17-36(25)29)21-7-5-18(15-22(21)31)23-3-1-4-27(37)33-23/h5-8,15-17,20,23H,1-4,9-14H2,(H,32,38)(H,33,37). The number of amides is 2. The second-order valence-corrected chi connectivity index (χ2v) is 11.4. The van der Waals surface area contributed by atoms with Crippen molar-refractivity contribution in [3.8, 4) is 11.3 Å². The summed E-state index contributed by atoms with van der Waals surface area (Å²) in [5.41, 5.74) is 3.21. The molecule has 0 spiro atoms. The van der Waals surface area contributed by atoms with E-state index in [2.05, 4.69) is 20.5 Å². The van der Waals surface area contributed by atoms with Gasteiger partial charge in [-0.1, -0.05) is 17.4 Å². The average Bonchev–Trinajstić information content (AvgIpc) is 3.49. The van der Waals surface area contributed by atoms with Crippen molar-refractivity contribution < 1.29 is 18.4 Å². The number of piperidine rings is 2. The highest BCUT2D eigenvalue weighted by atomic mass is 32.1. The van der Waals surface area contributed by atoms with Gasteiger partial charge in [-0.15, -0.1) is 0 Å². The molecule has 0 radical (unpaired) electrons. The molecule has 2 fully saturated rings. The van der Waals surface area contributed by atoms with Crippen LogP contribution in [0.3, 0.4) is 0 Å². The number of hydrogen-bond donors (Lipinski definition) is 2. The highest BCUT2D eigenvalue weighted by Crippen LogP contribution is 2.33. The number of carbonyl (C=O) groups excluding carboxylic acids is 2. The van der Waals surface area contributed by atoms with Crippen molar-refractivity contribution in [2.45, 2.75) is 50.7 Å². The Morgan fingerprint density at radius 1 is 1.15 bits per heavy atom. The topological polar surface area (TPSA) is 78.7 Å². The summed E-state index contributed by atoms with van der Waals surface area (Å²) in [5, 5.41) is 5.92. The van der Waals surface area contributed by atoms with E-state index in [1.165, 1.54) is 17.4 Å². The normalized spacial score (nSPS) is 19.0. The number of nitrogens with zero attached hydrogens (tertiary/aromatic N) is 3. The Balaban J connectivity index is 1.12. The second-order valence-electron chi connectivity index (χ2n) is 10.4. The van der Waals surface area contributed by atoms with E-state index in [0.717, 1.165) is 59.6 Å². The number of nitrogens with one attached hydrogen (secondary N) is 2. The van der Waals surface area contributed by atoms with Crippen molar-refractivity contribution >= 4 is 38.3 Å². The molecule has 2 aliphatic heterocycles. The van der Waals surface area contributed by atoms with Crippen LogP contribution in [0.5, 0.6) is 0 Å². The third-order valence-electron chi connectivity index (χ3n) is 7.71. The summed E-state index contributed by atoms with van der Waals surface area (Å²) in [6.45, 7) is 3.00. The molecule has 10 heteroatoms. The molecule has 7 nitrogen and oxygen atoms in total. The van der Waals surface area contributed by atoms with Gasteiger partial charge < -0.3 is 15.5 Å². The lowest BCUT2D eigenvalue weighted by Crippen LogP contribution is -2.36. The Hall–Kier alpha value is -3.37. The Labute approximate surface area is 229 Å². The summed E-state index contributed by atoms with van der Waals surface area (Å²) in [4.78, 5) is 32.1. The average molecular weight is 552 g/mol. The molecule has 4 aromatic rings. The Bertz CT molecular complexity index is 1520. The summed E-state index contributed by atoms with van der Waals surface area (Å²) >= 11 is 1.45. The minimum absolute atomic E-state index is 0.00363. The third-order valence-corrected chi connectivity index (χ3v) is 8.73. The van der Waals surface area contributed by atoms with Crippen LogP contribution in [0.4, 0.5) is 8.78 Å². The van der Waals surface area contributed by atoms with Crippen LogP contribution in [0.15, 0.2) is 42.6 Å². The number of carbonyl (C=O) groups is 2. The van der Waals surface area contributed by atoms with Gasteiger partial charge in [0, 0.05) is 43.4 Å². The van der Waals surface area contributed by atoms with Crippen LogP contribution in [-0.2, 0) is 4.79 Å². The Morgan fingerprint density at radius 3 is 2.79 bits per heavy atom. The maximum atomic E-state index is 15.1. The Morgan fingerprint density at radius 2 is 2.00 bits per heavy atom. The van der Waals surface area contributed by atoms with E-state index in [0.29, 0.717) is 42.6 Å². The fourth-order valence-electron chi connectivity index (χ4n) is 5.52. The van der Waals surface area contributed by atoms with Gasteiger partial charge in [-0.25, -0.2) is 13.8 Å². The fraction of sp³-hybridized carbons (Fsp3) is 0.414. The van der Waals surface area contributed by atoms with E-state index in [1.807, 2.05) is 28.8 Å². The van der Waals surface area contributed by atoms with Gasteiger partial charge in [-0.3, -0.25) is 14.0 Å². The van der Waals surface area contributed by atoms with E-state index in [4.69, 9.17) is 0 Å². The molecule has 1 unspecified atom stereocenters. The second kappa shape index (κ2) is 11.0. The smallest absolute Gasteiger partial charge is 0.251 e. The molecular weight excluding hydrogens is 520 g/mol. The largest absolute Gasteiger partial charge is 0.352 e. The molecule has 2 saturated heterocycles. The van der Waals surface area contributed by atoms with Gasteiger partial charge in [0.1, 0.15) is 12.0 Å². The van der Waals surface area contributed by atoms with E-state index in [1.54, 1.807) is 12.1 Å². The van der Waals surface area contributed by atoms with Crippen LogP contribution in [0.1, 0.15) is 60.5 Å². The molecule has 4 heterocycles. The van der Waals surface area contributed by atoms with Crippen LogP contribution in [-0.4, -0.2) is 58.4 Å². The number of rotatable bonds is 7. The first-order valence-corrected chi connectivity index (χ1v) is 14.4. The zero-order valence-corrected chi connectivity index (χ0v) is 22.4. The predicted octanol–water partition coefficient (Wildman–Crippen LogP) is 5.25. The molecule has 2 amide bonds. The van der Waals surface area contributed by atoms with Crippen molar-refractivity contribution in [1.29, 1.82) is 0 Å². The summed E-state index contributed by atoms with van der Waals surface area (Å²) in [6.07, 6.45) is 5.29. The van der Waals surface area contributed by atoms with Gasteiger partial charge in [0.25, 0.3) is 5.91 Å². The lowest BCUT2D eigenvalue weighted by atomic mass is 9.96. The van der Waals surface area contributed by atoms with Crippen LogP contribution < -0.4 is 10.6 Å². The molecule has 0 saturated carbocycles. The number of thiazole rings is 1. The fourth-order valence-corrected chi connectivity index (χ4v) is 6.56. The molecule has 1 atom stereocenters. The first-order valence-electron chi connectivity index (χ1n) is 13.6. The molecule has 0 bridgehead atoms. The molecule has 2 aromatic heterocycles. The van der Waals surface area contributed by atoms with Crippen LogP contribution in [0.25, 0.3) is 26.4 Å². The Kier molecular flexibility index (Phi) is 7.31. The van der Waals surface area contributed by atoms with Crippen LogP contribution >= 0.6 is 11.3 Å². The number of aromatic nitrogens is 2. The minimum Gasteiger partial charge on any atom is -0.352 e. The van der Waals surface area contributed by atoms with Crippen molar-refractivity contribution in [2.75, 3.05) is 26.2 Å². The molecule has 2 aliphatic rings. The highest BCUT2D eigenvalue weighted by molar-refractivity contribution is 7.23. The number of halogens is 2. The molecule has 6 rings (SSSR count). The van der Waals surface area contributed by atoms with E-state index < -0.39 is 6.17 Å². The molecular formula is C29H31F2N5O2S.